The number of benzene rings is 2. The maximum atomic E-state index is 12.2. The Morgan fingerprint density at radius 2 is 1.84 bits per heavy atom. The Bertz CT molecular complexity index is 624. The molecule has 0 aliphatic heterocycles. The Morgan fingerprint density at radius 1 is 1.16 bits per heavy atom. The van der Waals surface area contributed by atoms with Gasteiger partial charge in [0.05, 0.1) is 12.5 Å². The summed E-state index contributed by atoms with van der Waals surface area (Å²) in [6, 6.07) is 16.8. The summed E-state index contributed by atoms with van der Waals surface area (Å²) in [6.07, 6.45) is 0.234. The van der Waals surface area contributed by atoms with Gasteiger partial charge in [-0.2, -0.15) is 5.26 Å². The number of aryl methyl sites for hydroxylation is 1. The van der Waals surface area contributed by atoms with E-state index in [1.54, 1.807) is 18.2 Å². The zero-order valence-corrected chi connectivity index (χ0v) is 10.7. The van der Waals surface area contributed by atoms with Crippen molar-refractivity contribution in [3.63, 3.8) is 0 Å². The van der Waals surface area contributed by atoms with E-state index in [0.29, 0.717) is 5.56 Å². The molecule has 1 N–H and O–H groups in total. The second-order valence-corrected chi connectivity index (χ2v) is 4.31. The van der Waals surface area contributed by atoms with Crippen molar-refractivity contribution < 1.29 is 4.79 Å². The first-order valence-electron chi connectivity index (χ1n) is 6.03. The van der Waals surface area contributed by atoms with E-state index in [-0.39, 0.29) is 12.3 Å². The van der Waals surface area contributed by atoms with Crippen LogP contribution in [0.3, 0.4) is 0 Å². The van der Waals surface area contributed by atoms with Crippen LogP contribution in [-0.2, 0) is 6.42 Å². The average Bonchev–Trinajstić information content (AvgIpc) is 2.42. The van der Waals surface area contributed by atoms with Crippen molar-refractivity contribution in [3.8, 4) is 6.07 Å². The number of carbonyl (C=O) groups is 1. The molecule has 0 atom stereocenters. The molecule has 0 aliphatic carbocycles. The van der Waals surface area contributed by atoms with Gasteiger partial charge in [-0.3, -0.25) is 4.79 Å². The molecule has 0 aromatic heterocycles. The molecule has 0 bridgehead atoms. The van der Waals surface area contributed by atoms with Gasteiger partial charge in [0.15, 0.2) is 0 Å². The molecule has 2 aromatic rings. The SMILES string of the molecule is Cc1ccc(NC(=O)c2ccccc2CC#N)cc1. The first-order valence-corrected chi connectivity index (χ1v) is 6.03. The lowest BCUT2D eigenvalue weighted by Gasteiger charge is -2.08. The number of anilines is 1. The topological polar surface area (TPSA) is 52.9 Å². The molecule has 0 heterocycles. The molecular weight excluding hydrogens is 236 g/mol. The molecule has 19 heavy (non-hydrogen) atoms. The minimum atomic E-state index is -0.185. The van der Waals surface area contributed by atoms with E-state index in [2.05, 4.69) is 11.4 Å². The summed E-state index contributed by atoms with van der Waals surface area (Å²) >= 11 is 0. The summed E-state index contributed by atoms with van der Waals surface area (Å²) in [7, 11) is 0. The largest absolute Gasteiger partial charge is 0.322 e. The quantitative estimate of drug-likeness (QED) is 0.908. The van der Waals surface area contributed by atoms with Crippen LogP contribution < -0.4 is 5.32 Å². The van der Waals surface area contributed by atoms with Crippen molar-refractivity contribution in [1.29, 1.82) is 5.26 Å². The van der Waals surface area contributed by atoms with Crippen LogP contribution in [0, 0.1) is 18.3 Å². The molecule has 0 fully saturated rings. The number of nitriles is 1. The van der Waals surface area contributed by atoms with E-state index in [1.165, 1.54) is 0 Å². The Labute approximate surface area is 112 Å². The Morgan fingerprint density at radius 3 is 2.53 bits per heavy atom. The number of carbonyl (C=O) groups excluding carboxylic acids is 1. The van der Waals surface area contributed by atoms with Gasteiger partial charge in [0, 0.05) is 11.3 Å². The van der Waals surface area contributed by atoms with Gasteiger partial charge in [-0.05, 0) is 30.7 Å². The third kappa shape index (κ3) is 3.20. The zero-order valence-electron chi connectivity index (χ0n) is 10.7. The third-order valence-electron chi connectivity index (χ3n) is 2.84. The molecule has 0 aliphatic rings. The van der Waals surface area contributed by atoms with Crippen molar-refractivity contribution in [3.05, 3.63) is 65.2 Å². The maximum Gasteiger partial charge on any atom is 0.255 e. The molecule has 94 valence electrons. The van der Waals surface area contributed by atoms with Gasteiger partial charge in [0.1, 0.15) is 0 Å². The highest BCUT2D eigenvalue weighted by Gasteiger charge is 2.10. The highest BCUT2D eigenvalue weighted by Crippen LogP contribution is 2.14. The predicted molar refractivity (Wildman–Crippen MR) is 74.9 cm³/mol. The normalized spacial score (nSPS) is 9.68. The first kappa shape index (κ1) is 12.8. The van der Waals surface area contributed by atoms with Gasteiger partial charge in [0.2, 0.25) is 0 Å². The van der Waals surface area contributed by atoms with Gasteiger partial charge in [-0.15, -0.1) is 0 Å². The summed E-state index contributed by atoms with van der Waals surface area (Å²) in [6.45, 7) is 1.99. The Hall–Kier alpha value is -2.60. The monoisotopic (exact) mass is 250 g/mol. The van der Waals surface area contributed by atoms with E-state index < -0.39 is 0 Å². The van der Waals surface area contributed by atoms with E-state index in [1.807, 2.05) is 37.3 Å². The minimum absolute atomic E-state index is 0.185. The summed E-state index contributed by atoms with van der Waals surface area (Å²) < 4.78 is 0. The van der Waals surface area contributed by atoms with E-state index in [4.69, 9.17) is 5.26 Å². The molecule has 0 saturated carbocycles. The van der Waals surface area contributed by atoms with E-state index >= 15 is 0 Å². The lowest BCUT2D eigenvalue weighted by molar-refractivity contribution is 0.102. The van der Waals surface area contributed by atoms with Gasteiger partial charge in [-0.25, -0.2) is 0 Å². The predicted octanol–water partition coefficient (Wildman–Crippen LogP) is 3.31. The molecule has 3 heteroatoms. The Balaban J connectivity index is 2.20. The summed E-state index contributed by atoms with van der Waals surface area (Å²) in [5, 5.41) is 11.6. The molecule has 0 saturated heterocycles. The van der Waals surface area contributed by atoms with Crippen LogP contribution in [-0.4, -0.2) is 5.91 Å². The van der Waals surface area contributed by atoms with Crippen molar-refractivity contribution in [1.82, 2.24) is 0 Å². The van der Waals surface area contributed by atoms with E-state index in [0.717, 1.165) is 16.8 Å². The second-order valence-electron chi connectivity index (χ2n) is 4.31. The van der Waals surface area contributed by atoms with Crippen LogP contribution in [0.5, 0.6) is 0 Å². The molecule has 2 aromatic carbocycles. The number of amides is 1. The van der Waals surface area contributed by atoms with Crippen LogP contribution in [0.25, 0.3) is 0 Å². The van der Waals surface area contributed by atoms with Gasteiger partial charge < -0.3 is 5.32 Å². The standard InChI is InChI=1S/C16H14N2O/c1-12-6-8-14(9-7-12)18-16(19)15-5-3-2-4-13(15)10-11-17/h2-9H,10H2,1H3,(H,18,19). The van der Waals surface area contributed by atoms with Crippen LogP contribution in [0.15, 0.2) is 48.5 Å². The molecule has 0 radical (unpaired) electrons. The number of hydrogen-bond donors (Lipinski definition) is 1. The molecule has 0 unspecified atom stereocenters. The lowest BCUT2D eigenvalue weighted by atomic mass is 10.0. The minimum Gasteiger partial charge on any atom is -0.322 e. The van der Waals surface area contributed by atoms with Crippen LogP contribution in [0.4, 0.5) is 5.69 Å². The van der Waals surface area contributed by atoms with Gasteiger partial charge in [-0.1, -0.05) is 35.9 Å². The van der Waals surface area contributed by atoms with Crippen molar-refractivity contribution in [2.45, 2.75) is 13.3 Å². The number of nitrogens with one attached hydrogen (secondary N) is 1. The van der Waals surface area contributed by atoms with Crippen LogP contribution >= 0.6 is 0 Å². The number of rotatable bonds is 3. The van der Waals surface area contributed by atoms with Crippen molar-refractivity contribution in [2.75, 3.05) is 5.32 Å². The molecule has 3 nitrogen and oxygen atoms in total. The van der Waals surface area contributed by atoms with Crippen molar-refractivity contribution >= 4 is 11.6 Å². The van der Waals surface area contributed by atoms with Crippen molar-refractivity contribution in [2.24, 2.45) is 0 Å². The summed E-state index contributed by atoms with van der Waals surface area (Å²) in [5.74, 6) is -0.185. The van der Waals surface area contributed by atoms with E-state index in [9.17, 15) is 4.79 Å². The fourth-order valence-corrected chi connectivity index (χ4v) is 1.82. The molecule has 0 spiro atoms. The highest BCUT2D eigenvalue weighted by atomic mass is 16.1. The van der Waals surface area contributed by atoms with Crippen LogP contribution in [0.2, 0.25) is 0 Å². The number of nitrogens with zero attached hydrogens (tertiary/aromatic N) is 1. The van der Waals surface area contributed by atoms with Gasteiger partial charge in [0.25, 0.3) is 5.91 Å². The highest BCUT2D eigenvalue weighted by molar-refractivity contribution is 6.05. The maximum absolute atomic E-state index is 12.2. The Kier molecular flexibility index (Phi) is 3.94. The summed E-state index contributed by atoms with van der Waals surface area (Å²) in [4.78, 5) is 12.2. The second kappa shape index (κ2) is 5.83. The molecule has 2 rings (SSSR count). The zero-order chi connectivity index (χ0) is 13.7. The summed E-state index contributed by atoms with van der Waals surface area (Å²) in [5.41, 5.74) is 3.18. The third-order valence-corrected chi connectivity index (χ3v) is 2.84. The number of hydrogen-bond acceptors (Lipinski definition) is 2. The first-order chi connectivity index (χ1) is 9.20. The van der Waals surface area contributed by atoms with Gasteiger partial charge >= 0.3 is 0 Å². The fourth-order valence-electron chi connectivity index (χ4n) is 1.82. The fraction of sp³-hybridized carbons (Fsp3) is 0.125. The molecular formula is C16H14N2O. The average molecular weight is 250 g/mol. The lowest BCUT2D eigenvalue weighted by Crippen LogP contribution is -2.14. The van der Waals surface area contributed by atoms with Crippen LogP contribution in [0.1, 0.15) is 21.5 Å². The molecule has 1 amide bonds. The smallest absolute Gasteiger partial charge is 0.255 e.